The monoisotopic (exact) mass is 272 g/mol. The van der Waals surface area contributed by atoms with Gasteiger partial charge in [-0.15, -0.1) is 11.3 Å². The quantitative estimate of drug-likeness (QED) is 0.554. The summed E-state index contributed by atoms with van der Waals surface area (Å²) in [4.78, 5) is 11.5. The number of nitrogens with zero attached hydrogens (tertiary/aromatic N) is 2. The predicted octanol–water partition coefficient (Wildman–Crippen LogP) is 2.73. The molecule has 3 aromatic rings. The lowest BCUT2D eigenvalue weighted by Gasteiger charge is -2.05. The van der Waals surface area contributed by atoms with Gasteiger partial charge in [0.25, 0.3) is 0 Å². The second kappa shape index (κ2) is 4.04. The summed E-state index contributed by atoms with van der Waals surface area (Å²) < 4.78 is 5.36. The molecule has 6 heteroatoms. The SMILES string of the molecule is NNc1nc(-c2ccco2)nc2sc3c(c12)CCC3. The van der Waals surface area contributed by atoms with E-state index in [1.807, 2.05) is 12.1 Å². The molecule has 4 rings (SSSR count). The van der Waals surface area contributed by atoms with Crippen molar-refractivity contribution in [3.8, 4) is 11.6 Å². The van der Waals surface area contributed by atoms with Crippen LogP contribution in [0.25, 0.3) is 21.8 Å². The van der Waals surface area contributed by atoms with E-state index in [1.54, 1.807) is 17.6 Å². The van der Waals surface area contributed by atoms with Gasteiger partial charge in [-0.2, -0.15) is 0 Å². The first-order valence-corrected chi connectivity index (χ1v) is 7.01. The Labute approximate surface area is 113 Å². The molecule has 19 heavy (non-hydrogen) atoms. The van der Waals surface area contributed by atoms with Gasteiger partial charge in [-0.05, 0) is 37.0 Å². The number of hydrogen-bond donors (Lipinski definition) is 2. The number of thiophene rings is 1. The molecule has 5 nitrogen and oxygen atoms in total. The van der Waals surface area contributed by atoms with Crippen molar-refractivity contribution in [1.29, 1.82) is 0 Å². The average Bonchev–Trinajstić information content (AvgIpc) is 3.13. The summed E-state index contributed by atoms with van der Waals surface area (Å²) in [6, 6.07) is 3.68. The molecular weight excluding hydrogens is 260 g/mol. The lowest BCUT2D eigenvalue weighted by atomic mass is 10.2. The molecule has 0 radical (unpaired) electrons. The molecule has 3 aromatic heterocycles. The van der Waals surface area contributed by atoms with Crippen LogP contribution in [0.1, 0.15) is 16.9 Å². The van der Waals surface area contributed by atoms with Crippen molar-refractivity contribution in [2.24, 2.45) is 5.84 Å². The lowest BCUT2D eigenvalue weighted by molar-refractivity contribution is 0.578. The van der Waals surface area contributed by atoms with Crippen molar-refractivity contribution in [1.82, 2.24) is 9.97 Å². The van der Waals surface area contributed by atoms with E-state index in [9.17, 15) is 0 Å². The molecule has 0 spiro atoms. The predicted molar refractivity (Wildman–Crippen MR) is 75.0 cm³/mol. The molecule has 0 atom stereocenters. The topological polar surface area (TPSA) is 77.0 Å². The van der Waals surface area contributed by atoms with Crippen molar-refractivity contribution < 1.29 is 4.42 Å². The highest BCUT2D eigenvalue weighted by atomic mass is 32.1. The maximum atomic E-state index is 5.63. The van der Waals surface area contributed by atoms with Gasteiger partial charge in [0, 0.05) is 4.88 Å². The number of aryl methyl sites for hydroxylation is 2. The number of anilines is 1. The van der Waals surface area contributed by atoms with Crippen molar-refractivity contribution in [2.45, 2.75) is 19.3 Å². The molecule has 0 amide bonds. The van der Waals surface area contributed by atoms with E-state index in [4.69, 9.17) is 10.3 Å². The summed E-state index contributed by atoms with van der Waals surface area (Å²) in [6.07, 6.45) is 5.05. The minimum absolute atomic E-state index is 0.574. The first kappa shape index (κ1) is 11.0. The Morgan fingerprint density at radius 2 is 2.26 bits per heavy atom. The zero-order valence-corrected chi connectivity index (χ0v) is 11.0. The third kappa shape index (κ3) is 1.57. The zero-order valence-electron chi connectivity index (χ0n) is 10.1. The van der Waals surface area contributed by atoms with Crippen LogP contribution in [0.4, 0.5) is 5.82 Å². The highest BCUT2D eigenvalue weighted by molar-refractivity contribution is 7.19. The zero-order chi connectivity index (χ0) is 12.8. The van der Waals surface area contributed by atoms with Crippen LogP contribution in [0, 0.1) is 0 Å². The van der Waals surface area contributed by atoms with Gasteiger partial charge in [-0.3, -0.25) is 0 Å². The first-order chi connectivity index (χ1) is 9.36. The van der Waals surface area contributed by atoms with Gasteiger partial charge in [0.15, 0.2) is 17.4 Å². The van der Waals surface area contributed by atoms with Crippen LogP contribution in [0.5, 0.6) is 0 Å². The van der Waals surface area contributed by atoms with E-state index >= 15 is 0 Å². The number of rotatable bonds is 2. The van der Waals surface area contributed by atoms with Crippen molar-refractivity contribution in [3.05, 3.63) is 28.8 Å². The Morgan fingerprint density at radius 1 is 1.32 bits per heavy atom. The van der Waals surface area contributed by atoms with Crippen LogP contribution in [0.15, 0.2) is 22.8 Å². The number of aromatic nitrogens is 2. The van der Waals surface area contributed by atoms with E-state index in [2.05, 4.69) is 15.4 Å². The maximum Gasteiger partial charge on any atom is 0.199 e. The Morgan fingerprint density at radius 3 is 3.05 bits per heavy atom. The lowest BCUT2D eigenvalue weighted by Crippen LogP contribution is -2.10. The Balaban J connectivity index is 2.01. The number of fused-ring (bicyclic) bond motifs is 3. The summed E-state index contributed by atoms with van der Waals surface area (Å²) in [6.45, 7) is 0. The second-order valence-electron chi connectivity index (χ2n) is 4.55. The van der Waals surface area contributed by atoms with Crippen molar-refractivity contribution >= 4 is 27.4 Å². The summed E-state index contributed by atoms with van der Waals surface area (Å²) in [7, 11) is 0. The van der Waals surface area contributed by atoms with Gasteiger partial charge in [-0.25, -0.2) is 15.8 Å². The molecule has 1 aliphatic rings. The minimum Gasteiger partial charge on any atom is -0.461 e. The molecule has 96 valence electrons. The number of furan rings is 1. The Bertz CT molecular complexity index is 748. The summed E-state index contributed by atoms with van der Waals surface area (Å²) >= 11 is 1.74. The van der Waals surface area contributed by atoms with Crippen LogP contribution in [-0.2, 0) is 12.8 Å². The molecule has 0 unspecified atom stereocenters. The minimum atomic E-state index is 0.574. The van der Waals surface area contributed by atoms with Crippen molar-refractivity contribution in [3.63, 3.8) is 0 Å². The van der Waals surface area contributed by atoms with Crippen LogP contribution in [-0.4, -0.2) is 9.97 Å². The fourth-order valence-electron chi connectivity index (χ4n) is 2.62. The van der Waals surface area contributed by atoms with Crippen LogP contribution in [0.3, 0.4) is 0 Å². The van der Waals surface area contributed by atoms with Crippen LogP contribution >= 0.6 is 11.3 Å². The largest absolute Gasteiger partial charge is 0.461 e. The Hall–Kier alpha value is -1.92. The van der Waals surface area contributed by atoms with E-state index in [0.29, 0.717) is 17.4 Å². The molecule has 0 aliphatic heterocycles. The second-order valence-corrected chi connectivity index (χ2v) is 5.64. The van der Waals surface area contributed by atoms with Gasteiger partial charge in [-0.1, -0.05) is 0 Å². The number of nitrogen functional groups attached to an aromatic ring is 1. The Kier molecular flexibility index (Phi) is 2.33. The molecule has 0 aromatic carbocycles. The van der Waals surface area contributed by atoms with E-state index in [0.717, 1.165) is 23.1 Å². The molecule has 0 saturated heterocycles. The molecular formula is C13H12N4OS. The van der Waals surface area contributed by atoms with Gasteiger partial charge < -0.3 is 9.84 Å². The average molecular weight is 272 g/mol. The molecule has 0 fully saturated rings. The van der Waals surface area contributed by atoms with Gasteiger partial charge in [0.2, 0.25) is 0 Å². The van der Waals surface area contributed by atoms with E-state index in [-0.39, 0.29) is 0 Å². The smallest absolute Gasteiger partial charge is 0.199 e. The molecule has 1 aliphatic carbocycles. The standard InChI is InChI=1S/C13H12N4OS/c14-17-12-10-7-3-1-5-9(7)19-13(10)16-11(15-12)8-4-2-6-18-8/h2,4,6H,1,3,5,14H2,(H,15,16,17). The molecule has 3 N–H and O–H groups in total. The van der Waals surface area contributed by atoms with Gasteiger partial charge in [0.05, 0.1) is 11.6 Å². The fourth-order valence-corrected chi connectivity index (χ4v) is 3.88. The number of nitrogens with one attached hydrogen (secondary N) is 1. The normalized spacial score (nSPS) is 13.9. The van der Waals surface area contributed by atoms with Crippen LogP contribution < -0.4 is 11.3 Å². The number of nitrogens with two attached hydrogens (primary N) is 1. The summed E-state index contributed by atoms with van der Waals surface area (Å²) in [5.74, 6) is 7.55. The first-order valence-electron chi connectivity index (χ1n) is 6.19. The van der Waals surface area contributed by atoms with Gasteiger partial charge >= 0.3 is 0 Å². The number of hydrogen-bond acceptors (Lipinski definition) is 6. The van der Waals surface area contributed by atoms with Crippen molar-refractivity contribution in [2.75, 3.05) is 5.43 Å². The third-order valence-corrected chi connectivity index (χ3v) is 4.63. The van der Waals surface area contributed by atoms with E-state index < -0.39 is 0 Å². The third-order valence-electron chi connectivity index (χ3n) is 3.44. The number of hydrazine groups is 1. The maximum absolute atomic E-state index is 5.63. The summed E-state index contributed by atoms with van der Waals surface area (Å²) in [5.41, 5.74) is 4.06. The van der Waals surface area contributed by atoms with Gasteiger partial charge in [0.1, 0.15) is 4.83 Å². The molecule has 3 heterocycles. The van der Waals surface area contributed by atoms with Crippen LogP contribution in [0.2, 0.25) is 0 Å². The molecule has 0 saturated carbocycles. The summed E-state index contributed by atoms with van der Waals surface area (Å²) in [5, 5.41) is 1.08. The van der Waals surface area contributed by atoms with E-state index in [1.165, 1.54) is 16.9 Å². The molecule has 0 bridgehead atoms. The highest BCUT2D eigenvalue weighted by Crippen LogP contribution is 2.40. The fraction of sp³-hybridized carbons (Fsp3) is 0.231. The highest BCUT2D eigenvalue weighted by Gasteiger charge is 2.22.